The van der Waals surface area contributed by atoms with Gasteiger partial charge in [-0.25, -0.2) is 9.78 Å². The molecule has 1 saturated heterocycles. The Bertz CT molecular complexity index is 1560. The van der Waals surface area contributed by atoms with E-state index in [2.05, 4.69) is 20.9 Å². The zero-order chi connectivity index (χ0) is 41.0. The molecule has 8 atom stereocenters. The van der Waals surface area contributed by atoms with E-state index in [1.807, 2.05) is 56.5 Å². The van der Waals surface area contributed by atoms with E-state index >= 15 is 0 Å². The fraction of sp³-hybridized carbons (Fsp3) is 0.650. The number of thiazole rings is 1. The molecule has 2 heterocycles. The Labute approximate surface area is 330 Å². The average Bonchev–Trinajstić information content (AvgIpc) is 3.86. The molecule has 1 aliphatic rings. The number of benzene rings is 1. The van der Waals surface area contributed by atoms with Gasteiger partial charge in [-0.05, 0) is 50.5 Å². The maximum atomic E-state index is 14.2. The fourth-order valence-electron chi connectivity index (χ4n) is 7.44. The average molecular weight is 787 g/mol. The van der Waals surface area contributed by atoms with Gasteiger partial charge >= 0.3 is 6.09 Å². The molecule has 14 nitrogen and oxygen atoms in total. The van der Waals surface area contributed by atoms with Crippen LogP contribution in [0.15, 0.2) is 41.9 Å². The first kappa shape index (κ1) is 45.3. The van der Waals surface area contributed by atoms with Crippen LogP contribution in [0.5, 0.6) is 0 Å². The molecule has 2 aromatic rings. The third kappa shape index (κ3) is 12.0. The van der Waals surface area contributed by atoms with Crippen molar-refractivity contribution < 1.29 is 38.6 Å². The third-order valence-electron chi connectivity index (χ3n) is 10.8. The number of nitrogens with one attached hydrogen (secondary N) is 3. The van der Waals surface area contributed by atoms with Crippen molar-refractivity contribution in [3.05, 3.63) is 52.5 Å². The van der Waals surface area contributed by atoms with Gasteiger partial charge in [0.05, 0.1) is 42.7 Å². The van der Waals surface area contributed by atoms with Crippen molar-refractivity contribution in [1.82, 2.24) is 30.7 Å². The van der Waals surface area contributed by atoms with Gasteiger partial charge in [0.15, 0.2) is 0 Å². The van der Waals surface area contributed by atoms with Crippen LogP contribution in [0.2, 0.25) is 0 Å². The first-order valence-electron chi connectivity index (χ1n) is 19.1. The van der Waals surface area contributed by atoms with Crippen molar-refractivity contribution in [2.45, 2.75) is 122 Å². The molecule has 1 aromatic carbocycles. The predicted octanol–water partition coefficient (Wildman–Crippen LogP) is 4.65. The van der Waals surface area contributed by atoms with Crippen LogP contribution in [-0.2, 0) is 35.1 Å². The number of hydrogen-bond acceptors (Lipinski definition) is 9. The van der Waals surface area contributed by atoms with Crippen LogP contribution in [0.4, 0.5) is 4.79 Å². The van der Waals surface area contributed by atoms with Crippen LogP contribution >= 0.6 is 11.3 Å². The lowest BCUT2D eigenvalue weighted by molar-refractivity contribution is -0.148. The van der Waals surface area contributed by atoms with Gasteiger partial charge in [-0.3, -0.25) is 19.2 Å². The number of amides is 5. The minimum absolute atomic E-state index is 0.0197. The molecular weight excluding hydrogens is 725 g/mol. The highest BCUT2D eigenvalue weighted by atomic mass is 32.1. The molecule has 1 aliphatic heterocycles. The number of carboxylic acid groups (broad SMARTS) is 1. The lowest BCUT2D eigenvalue weighted by Crippen LogP contribution is -2.62. The molecule has 1 fully saturated rings. The van der Waals surface area contributed by atoms with E-state index in [-0.39, 0.29) is 48.1 Å². The topological polar surface area (TPSA) is 179 Å². The van der Waals surface area contributed by atoms with E-state index in [1.165, 1.54) is 32.3 Å². The molecule has 55 heavy (non-hydrogen) atoms. The number of hydrogen-bond donors (Lipinski definition) is 4. The van der Waals surface area contributed by atoms with Crippen molar-refractivity contribution in [3.63, 3.8) is 0 Å². The SMILES string of the molecule is CC[C@H](C)[C@@H]([C@@H](CC(=O)N1CCC[C@H]1[C@H](OC)[C@@H](C)C(=O)N[C@@H](Cc1ccccc1)c1nccs1)OC)N(C)C(=O)[C@@H](NC(=O)C(C)(C)NC(=O)O)C(C)C. The minimum atomic E-state index is -1.48. The Balaban J connectivity index is 1.79. The zero-order valence-electron chi connectivity index (χ0n) is 34.0. The summed E-state index contributed by atoms with van der Waals surface area (Å²) >= 11 is 1.49. The van der Waals surface area contributed by atoms with Gasteiger partial charge in [-0.1, -0.05) is 71.4 Å². The second-order valence-corrected chi connectivity index (χ2v) is 16.4. The molecule has 0 bridgehead atoms. The van der Waals surface area contributed by atoms with Gasteiger partial charge in [0.1, 0.15) is 16.6 Å². The third-order valence-corrected chi connectivity index (χ3v) is 11.7. The Kier molecular flexibility index (Phi) is 17.1. The standard InChI is InChI=1S/C40H62N6O8S/c1-11-25(4)33(45(8)37(49)32(24(2)3)43-38(50)40(6,7)44-39(51)52)30(53-9)23-31(47)46-20-15-18-29(46)34(54-10)26(5)35(48)42-28(36-41-19-21-55-36)22-27-16-13-12-14-17-27/h12-14,16-17,19,21,24-26,28-30,32-34,44H,11,15,18,20,22-23H2,1-10H3,(H,42,48)(H,43,50)(H,51,52)/t25-,26+,28-,29-,30+,32-,33-,34+/m0/s1. The van der Waals surface area contributed by atoms with Crippen molar-refractivity contribution in [2.75, 3.05) is 27.8 Å². The van der Waals surface area contributed by atoms with Gasteiger partial charge < -0.3 is 40.3 Å². The highest BCUT2D eigenvalue weighted by Crippen LogP contribution is 2.30. The molecule has 306 valence electrons. The summed E-state index contributed by atoms with van der Waals surface area (Å²) in [5, 5.41) is 20.1. The van der Waals surface area contributed by atoms with Crippen molar-refractivity contribution in [1.29, 1.82) is 0 Å². The summed E-state index contributed by atoms with van der Waals surface area (Å²) in [4.78, 5) is 74.5. The largest absolute Gasteiger partial charge is 0.465 e. The number of carbonyl (C=O) groups excluding carboxylic acids is 4. The Hall–Kier alpha value is -4.08. The predicted molar refractivity (Wildman–Crippen MR) is 211 cm³/mol. The van der Waals surface area contributed by atoms with Crippen molar-refractivity contribution >= 4 is 41.1 Å². The summed E-state index contributed by atoms with van der Waals surface area (Å²) in [5.41, 5.74) is -0.408. The molecule has 5 amide bonds. The van der Waals surface area contributed by atoms with Crippen LogP contribution in [0.3, 0.4) is 0 Å². The Morgan fingerprint density at radius 1 is 1.05 bits per heavy atom. The van der Waals surface area contributed by atoms with E-state index in [0.717, 1.165) is 17.0 Å². The number of aromatic nitrogens is 1. The summed E-state index contributed by atoms with van der Waals surface area (Å²) in [6, 6.07) is 7.75. The van der Waals surface area contributed by atoms with Gasteiger partial charge in [0, 0.05) is 39.4 Å². The van der Waals surface area contributed by atoms with Crippen LogP contribution < -0.4 is 16.0 Å². The summed E-state index contributed by atoms with van der Waals surface area (Å²) in [6.45, 7) is 12.8. The molecule has 3 rings (SSSR count). The van der Waals surface area contributed by atoms with Crippen molar-refractivity contribution in [3.8, 4) is 0 Å². The summed E-state index contributed by atoms with van der Waals surface area (Å²) in [6.07, 6.45) is 1.75. The highest BCUT2D eigenvalue weighted by molar-refractivity contribution is 7.09. The fourth-order valence-corrected chi connectivity index (χ4v) is 8.13. The Morgan fingerprint density at radius 3 is 2.27 bits per heavy atom. The van der Waals surface area contributed by atoms with E-state index in [0.29, 0.717) is 25.8 Å². The number of nitrogens with zero attached hydrogens (tertiary/aromatic N) is 3. The molecule has 0 aliphatic carbocycles. The van der Waals surface area contributed by atoms with E-state index < -0.39 is 47.7 Å². The lowest BCUT2D eigenvalue weighted by Gasteiger charge is -2.41. The molecular formula is C40H62N6O8S. The molecule has 15 heteroatoms. The van der Waals surface area contributed by atoms with Crippen LogP contribution in [0, 0.1) is 17.8 Å². The number of likely N-dealkylation sites (tertiary alicyclic amines) is 1. The van der Waals surface area contributed by atoms with E-state index in [1.54, 1.807) is 44.0 Å². The van der Waals surface area contributed by atoms with Crippen LogP contribution in [0.1, 0.15) is 90.8 Å². The molecule has 0 saturated carbocycles. The molecule has 0 radical (unpaired) electrons. The van der Waals surface area contributed by atoms with Crippen LogP contribution in [0.25, 0.3) is 0 Å². The summed E-state index contributed by atoms with van der Waals surface area (Å²) in [7, 11) is 4.74. The van der Waals surface area contributed by atoms with Crippen LogP contribution in [-0.4, -0.2) is 113 Å². The smallest absolute Gasteiger partial charge is 0.405 e. The van der Waals surface area contributed by atoms with E-state index in [4.69, 9.17) is 9.47 Å². The summed E-state index contributed by atoms with van der Waals surface area (Å²) in [5.74, 6) is -2.39. The van der Waals surface area contributed by atoms with E-state index in [9.17, 15) is 29.1 Å². The zero-order valence-corrected chi connectivity index (χ0v) is 34.9. The number of ether oxygens (including phenoxy) is 2. The number of likely N-dealkylation sites (N-methyl/N-ethyl adjacent to an activating group) is 1. The van der Waals surface area contributed by atoms with Gasteiger partial charge in [-0.15, -0.1) is 11.3 Å². The highest BCUT2D eigenvalue weighted by Gasteiger charge is 2.43. The first-order chi connectivity index (χ1) is 26.0. The molecule has 1 aromatic heterocycles. The first-order valence-corrected chi connectivity index (χ1v) is 20.0. The second kappa shape index (κ2) is 20.7. The normalized spacial score (nSPS) is 18.4. The van der Waals surface area contributed by atoms with Gasteiger partial charge in [0.2, 0.25) is 23.6 Å². The molecule has 0 unspecified atom stereocenters. The quantitative estimate of drug-likeness (QED) is 0.149. The number of carbonyl (C=O) groups is 5. The second-order valence-electron chi connectivity index (χ2n) is 15.5. The Morgan fingerprint density at radius 2 is 1.73 bits per heavy atom. The molecule has 4 N–H and O–H groups in total. The monoisotopic (exact) mass is 786 g/mol. The number of methoxy groups -OCH3 is 2. The summed E-state index contributed by atoms with van der Waals surface area (Å²) < 4.78 is 12.0. The molecule has 0 spiro atoms. The maximum absolute atomic E-state index is 14.2. The van der Waals surface area contributed by atoms with Crippen molar-refractivity contribution in [2.24, 2.45) is 17.8 Å². The number of rotatable bonds is 20. The lowest BCUT2D eigenvalue weighted by atomic mass is 9.89. The maximum Gasteiger partial charge on any atom is 0.405 e. The van der Waals surface area contributed by atoms with Gasteiger partial charge in [-0.2, -0.15) is 0 Å². The van der Waals surface area contributed by atoms with Gasteiger partial charge in [0.25, 0.3) is 0 Å². The minimum Gasteiger partial charge on any atom is -0.465 e.